The van der Waals surface area contributed by atoms with Crippen molar-refractivity contribution < 1.29 is 17.9 Å². The number of anilines is 1. The van der Waals surface area contributed by atoms with Crippen molar-refractivity contribution in [1.82, 2.24) is 5.32 Å². The number of nitrogens with zero attached hydrogens (tertiary/aromatic N) is 1. The lowest BCUT2D eigenvalue weighted by molar-refractivity contribution is -0.122. The zero-order valence-corrected chi connectivity index (χ0v) is 18.0. The van der Waals surface area contributed by atoms with Crippen LogP contribution in [0.2, 0.25) is 5.02 Å². The first-order valence-corrected chi connectivity index (χ1v) is 11.1. The van der Waals surface area contributed by atoms with Crippen LogP contribution in [0.5, 0.6) is 5.75 Å². The minimum atomic E-state index is -3.73. The Morgan fingerprint density at radius 2 is 1.96 bits per heavy atom. The molecule has 2 aromatic carbocycles. The van der Waals surface area contributed by atoms with Gasteiger partial charge in [-0.25, -0.2) is 8.42 Å². The molecule has 0 fully saturated rings. The number of ether oxygens (including phenoxy) is 1. The van der Waals surface area contributed by atoms with Crippen molar-refractivity contribution in [2.24, 2.45) is 0 Å². The molecule has 2 aromatic rings. The molecule has 0 aliphatic heterocycles. The lowest BCUT2D eigenvalue weighted by Gasteiger charge is -2.30. The molecule has 0 heterocycles. The summed E-state index contributed by atoms with van der Waals surface area (Å²) in [7, 11) is -2.25. The van der Waals surface area contributed by atoms with E-state index in [1.807, 2.05) is 31.2 Å². The van der Waals surface area contributed by atoms with Crippen molar-refractivity contribution >= 4 is 33.2 Å². The van der Waals surface area contributed by atoms with E-state index in [-0.39, 0.29) is 10.9 Å². The van der Waals surface area contributed by atoms with E-state index in [1.165, 1.54) is 13.2 Å². The molecular weight excluding hydrogens is 400 g/mol. The number of nitrogens with one attached hydrogen (secondary N) is 1. The average Bonchev–Trinajstić information content (AvgIpc) is 2.63. The number of hydrogen-bond acceptors (Lipinski definition) is 4. The van der Waals surface area contributed by atoms with Crippen molar-refractivity contribution in [3.8, 4) is 5.75 Å². The molecule has 0 saturated carbocycles. The molecule has 28 heavy (non-hydrogen) atoms. The van der Waals surface area contributed by atoms with Gasteiger partial charge >= 0.3 is 0 Å². The molecule has 2 rings (SSSR count). The number of carbonyl (C=O) groups is 1. The standard InChI is InChI=1S/C20H25ClN2O4S/c1-5-18(20(24)22-13-15-8-6-7-14(2)11-15)23(28(4,25)26)16-9-10-19(27-3)17(21)12-16/h6-12,18H,5,13H2,1-4H3,(H,22,24)/t18-/m1/s1. The van der Waals surface area contributed by atoms with Gasteiger partial charge in [-0.3, -0.25) is 9.10 Å². The Labute approximate surface area is 171 Å². The van der Waals surface area contributed by atoms with Crippen LogP contribution >= 0.6 is 11.6 Å². The number of carbonyl (C=O) groups excluding carboxylic acids is 1. The zero-order valence-electron chi connectivity index (χ0n) is 16.4. The summed E-state index contributed by atoms with van der Waals surface area (Å²) in [5, 5.41) is 3.10. The van der Waals surface area contributed by atoms with Crippen molar-refractivity contribution in [3.63, 3.8) is 0 Å². The van der Waals surface area contributed by atoms with Gasteiger partial charge in [-0.1, -0.05) is 48.4 Å². The third kappa shape index (κ3) is 5.39. The molecule has 0 unspecified atom stereocenters. The molecule has 6 nitrogen and oxygen atoms in total. The van der Waals surface area contributed by atoms with E-state index >= 15 is 0 Å². The van der Waals surface area contributed by atoms with Gasteiger partial charge in [0.1, 0.15) is 11.8 Å². The maximum absolute atomic E-state index is 12.8. The third-order valence-electron chi connectivity index (χ3n) is 4.27. The van der Waals surface area contributed by atoms with E-state index in [9.17, 15) is 13.2 Å². The highest BCUT2D eigenvalue weighted by molar-refractivity contribution is 7.92. The highest BCUT2D eigenvalue weighted by Crippen LogP contribution is 2.31. The lowest BCUT2D eigenvalue weighted by Crippen LogP contribution is -2.49. The lowest BCUT2D eigenvalue weighted by atomic mass is 10.1. The fourth-order valence-corrected chi connectivity index (χ4v) is 4.44. The molecule has 1 amide bonds. The minimum Gasteiger partial charge on any atom is -0.495 e. The molecule has 0 aromatic heterocycles. The Hall–Kier alpha value is -2.25. The van der Waals surface area contributed by atoms with E-state index in [0.717, 1.165) is 21.7 Å². The Bertz CT molecular complexity index is 947. The van der Waals surface area contributed by atoms with Crippen LogP contribution in [0.1, 0.15) is 24.5 Å². The number of halogens is 1. The van der Waals surface area contributed by atoms with Gasteiger partial charge in [-0.2, -0.15) is 0 Å². The molecule has 1 atom stereocenters. The van der Waals surface area contributed by atoms with E-state index < -0.39 is 16.1 Å². The average molecular weight is 425 g/mol. The molecule has 0 spiro atoms. The fraction of sp³-hybridized carbons (Fsp3) is 0.350. The quantitative estimate of drug-likeness (QED) is 0.703. The van der Waals surface area contributed by atoms with Gasteiger partial charge < -0.3 is 10.1 Å². The van der Waals surface area contributed by atoms with Gasteiger partial charge in [-0.15, -0.1) is 0 Å². The summed E-state index contributed by atoms with van der Waals surface area (Å²) < 4.78 is 31.2. The highest BCUT2D eigenvalue weighted by Gasteiger charge is 2.31. The molecule has 0 bridgehead atoms. The summed E-state index contributed by atoms with van der Waals surface area (Å²) in [6, 6.07) is 11.5. The number of amides is 1. The summed E-state index contributed by atoms with van der Waals surface area (Å²) >= 11 is 6.16. The Kier molecular flexibility index (Phi) is 7.32. The first-order valence-electron chi connectivity index (χ1n) is 8.83. The van der Waals surface area contributed by atoms with Crippen molar-refractivity contribution in [3.05, 3.63) is 58.6 Å². The molecule has 0 aliphatic carbocycles. The summed E-state index contributed by atoms with van der Waals surface area (Å²) in [5.41, 5.74) is 2.34. The van der Waals surface area contributed by atoms with E-state index in [0.29, 0.717) is 24.4 Å². The summed E-state index contributed by atoms with van der Waals surface area (Å²) in [4.78, 5) is 12.8. The van der Waals surface area contributed by atoms with Gasteiger partial charge in [0.25, 0.3) is 0 Å². The SMILES string of the molecule is CC[C@H](C(=O)NCc1cccc(C)c1)N(c1ccc(OC)c(Cl)c1)S(C)(=O)=O. The topological polar surface area (TPSA) is 75.7 Å². The van der Waals surface area contributed by atoms with Gasteiger partial charge in [0.2, 0.25) is 15.9 Å². The van der Waals surface area contributed by atoms with Crippen molar-refractivity contribution in [2.75, 3.05) is 17.7 Å². The van der Waals surface area contributed by atoms with Gasteiger partial charge in [0.15, 0.2) is 0 Å². The Morgan fingerprint density at radius 3 is 2.50 bits per heavy atom. The molecule has 152 valence electrons. The van der Waals surface area contributed by atoms with E-state index in [1.54, 1.807) is 19.1 Å². The van der Waals surface area contributed by atoms with Gasteiger partial charge in [-0.05, 0) is 37.1 Å². The Balaban J connectivity index is 2.29. The molecule has 0 saturated heterocycles. The number of aryl methyl sites for hydroxylation is 1. The minimum absolute atomic E-state index is 0.267. The highest BCUT2D eigenvalue weighted by atomic mass is 35.5. The van der Waals surface area contributed by atoms with Crippen LogP contribution in [0.3, 0.4) is 0 Å². The molecular formula is C20H25ClN2O4S. The molecule has 0 radical (unpaired) electrons. The predicted octanol–water partition coefficient (Wildman–Crippen LogP) is 3.52. The molecule has 0 aliphatic rings. The first kappa shape index (κ1) is 22.0. The number of rotatable bonds is 8. The summed E-state index contributed by atoms with van der Waals surface area (Å²) in [5.74, 6) is 0.0530. The maximum atomic E-state index is 12.8. The van der Waals surface area contributed by atoms with Crippen LogP contribution < -0.4 is 14.4 Å². The first-order chi connectivity index (χ1) is 13.2. The molecule has 8 heteroatoms. The monoisotopic (exact) mass is 424 g/mol. The van der Waals surface area contributed by atoms with Gasteiger partial charge in [0.05, 0.1) is 24.1 Å². The van der Waals surface area contributed by atoms with E-state index in [2.05, 4.69) is 5.32 Å². The second-order valence-electron chi connectivity index (χ2n) is 6.51. The molecule has 1 N–H and O–H groups in total. The van der Waals surface area contributed by atoms with Crippen LogP contribution in [0.4, 0.5) is 5.69 Å². The second kappa shape index (κ2) is 9.30. The van der Waals surface area contributed by atoms with Crippen molar-refractivity contribution in [2.45, 2.75) is 32.9 Å². The summed E-state index contributed by atoms with van der Waals surface area (Å²) in [6.07, 6.45) is 1.37. The zero-order chi connectivity index (χ0) is 20.9. The van der Waals surface area contributed by atoms with Crippen LogP contribution in [0.25, 0.3) is 0 Å². The van der Waals surface area contributed by atoms with Crippen LogP contribution in [-0.2, 0) is 21.4 Å². The van der Waals surface area contributed by atoms with Crippen LogP contribution in [-0.4, -0.2) is 33.7 Å². The largest absolute Gasteiger partial charge is 0.495 e. The number of sulfonamides is 1. The normalized spacial score (nSPS) is 12.3. The van der Waals surface area contributed by atoms with E-state index in [4.69, 9.17) is 16.3 Å². The predicted molar refractivity (Wildman–Crippen MR) is 112 cm³/mol. The second-order valence-corrected chi connectivity index (χ2v) is 8.78. The smallest absolute Gasteiger partial charge is 0.244 e. The summed E-state index contributed by atoms with van der Waals surface area (Å²) in [6.45, 7) is 4.05. The number of methoxy groups -OCH3 is 1. The van der Waals surface area contributed by atoms with Gasteiger partial charge in [0, 0.05) is 6.54 Å². The van der Waals surface area contributed by atoms with Crippen LogP contribution in [0.15, 0.2) is 42.5 Å². The third-order valence-corrected chi connectivity index (χ3v) is 5.74. The van der Waals surface area contributed by atoms with Crippen LogP contribution in [0, 0.1) is 6.92 Å². The Morgan fingerprint density at radius 1 is 1.25 bits per heavy atom. The number of benzene rings is 2. The maximum Gasteiger partial charge on any atom is 0.244 e. The fourth-order valence-electron chi connectivity index (χ4n) is 2.98. The number of hydrogen-bond donors (Lipinski definition) is 1. The van der Waals surface area contributed by atoms with Crippen molar-refractivity contribution in [1.29, 1.82) is 0 Å².